The van der Waals surface area contributed by atoms with Gasteiger partial charge in [0.2, 0.25) is 0 Å². The Balaban J connectivity index is 1.86. The van der Waals surface area contributed by atoms with Crippen LogP contribution in [0, 0.1) is 40.4 Å². The summed E-state index contributed by atoms with van der Waals surface area (Å²) in [5.74, 6) is 3.19. The first-order valence-corrected chi connectivity index (χ1v) is 9.52. The highest BCUT2D eigenvalue weighted by molar-refractivity contribution is 5.75. The quantitative estimate of drug-likeness (QED) is 0.745. The van der Waals surface area contributed by atoms with Gasteiger partial charge in [-0.3, -0.25) is 4.79 Å². The Bertz CT molecular complexity index is 443. The minimum Gasteiger partial charge on any atom is -0.481 e. The van der Waals surface area contributed by atoms with Gasteiger partial charge in [-0.25, -0.2) is 0 Å². The summed E-state index contributed by atoms with van der Waals surface area (Å²) in [6.45, 7) is 9.24. The lowest BCUT2D eigenvalue weighted by Crippen LogP contribution is -2.56. The molecule has 3 aliphatic rings. The number of fused-ring (bicyclic) bond motifs is 3. The van der Waals surface area contributed by atoms with Gasteiger partial charge in [-0.1, -0.05) is 27.2 Å². The molecule has 0 aromatic rings. The van der Waals surface area contributed by atoms with Gasteiger partial charge in [-0.15, -0.1) is 0 Å². The van der Waals surface area contributed by atoms with Crippen molar-refractivity contribution in [3.63, 3.8) is 0 Å². The van der Waals surface area contributed by atoms with Crippen LogP contribution >= 0.6 is 0 Å². The van der Waals surface area contributed by atoms with Gasteiger partial charge < -0.3 is 5.11 Å². The maximum absolute atomic E-state index is 12.0. The highest BCUT2D eigenvalue weighted by Crippen LogP contribution is 2.64. The van der Waals surface area contributed by atoms with E-state index < -0.39 is 11.4 Å². The molecule has 0 heterocycles. The summed E-state index contributed by atoms with van der Waals surface area (Å²) in [6.07, 6.45) is 9.77. The van der Waals surface area contributed by atoms with Crippen LogP contribution in [0.2, 0.25) is 0 Å². The average Bonchev–Trinajstić information content (AvgIpc) is 2.46. The van der Waals surface area contributed by atoms with E-state index in [0.29, 0.717) is 5.92 Å². The minimum absolute atomic E-state index is 0.274. The maximum Gasteiger partial charge on any atom is 0.309 e. The van der Waals surface area contributed by atoms with Gasteiger partial charge >= 0.3 is 5.97 Å². The molecule has 3 saturated carbocycles. The van der Waals surface area contributed by atoms with Crippen LogP contribution in [0.1, 0.15) is 79.1 Å². The third-order valence-corrected chi connectivity index (χ3v) is 8.10. The zero-order chi connectivity index (χ0) is 16.1. The third kappa shape index (κ3) is 2.32. The minimum atomic E-state index is -0.544. The Morgan fingerprint density at radius 3 is 2.45 bits per heavy atom. The van der Waals surface area contributed by atoms with Crippen molar-refractivity contribution in [2.24, 2.45) is 40.4 Å². The summed E-state index contributed by atoms with van der Waals surface area (Å²) in [5, 5.41) is 9.86. The normalized spacial score (nSPS) is 48.6. The van der Waals surface area contributed by atoms with E-state index >= 15 is 0 Å². The lowest BCUT2D eigenvalue weighted by atomic mass is 9.43. The van der Waals surface area contributed by atoms with Gasteiger partial charge in [0.25, 0.3) is 0 Å². The first-order valence-electron chi connectivity index (χ1n) is 9.52. The maximum atomic E-state index is 12.0. The van der Waals surface area contributed by atoms with Crippen LogP contribution in [0.3, 0.4) is 0 Å². The predicted molar refractivity (Wildman–Crippen MR) is 89.6 cm³/mol. The van der Waals surface area contributed by atoms with E-state index in [1.807, 2.05) is 6.92 Å². The van der Waals surface area contributed by atoms with E-state index in [-0.39, 0.29) is 5.41 Å². The predicted octanol–water partition coefficient (Wildman–Crippen LogP) is 5.37. The fourth-order valence-corrected chi connectivity index (χ4v) is 6.73. The topological polar surface area (TPSA) is 37.3 Å². The highest BCUT2D eigenvalue weighted by Gasteiger charge is 2.59. The second kappa shape index (κ2) is 5.53. The first kappa shape index (κ1) is 16.3. The lowest BCUT2D eigenvalue weighted by molar-refractivity contribution is -0.173. The van der Waals surface area contributed by atoms with Crippen molar-refractivity contribution in [2.45, 2.75) is 79.1 Å². The number of aliphatic carboxylic acids is 1. The molecule has 3 fully saturated rings. The molecule has 0 radical (unpaired) electrons. The van der Waals surface area contributed by atoms with Crippen LogP contribution in [0.4, 0.5) is 0 Å². The summed E-state index contributed by atoms with van der Waals surface area (Å²) in [6, 6.07) is 0. The molecule has 3 aliphatic carbocycles. The van der Waals surface area contributed by atoms with Gasteiger partial charge in [-0.05, 0) is 86.9 Å². The van der Waals surface area contributed by atoms with Crippen molar-refractivity contribution in [3.05, 3.63) is 0 Å². The number of hydrogen-bond donors (Lipinski definition) is 1. The molecule has 126 valence electrons. The van der Waals surface area contributed by atoms with Crippen LogP contribution in [0.25, 0.3) is 0 Å². The van der Waals surface area contributed by atoms with Crippen molar-refractivity contribution in [1.82, 2.24) is 0 Å². The van der Waals surface area contributed by atoms with Gasteiger partial charge in [0, 0.05) is 0 Å². The largest absolute Gasteiger partial charge is 0.481 e. The zero-order valence-electron chi connectivity index (χ0n) is 14.9. The Hall–Kier alpha value is -0.530. The molecule has 6 atom stereocenters. The molecule has 3 rings (SSSR count). The summed E-state index contributed by atoms with van der Waals surface area (Å²) >= 11 is 0. The fourth-order valence-electron chi connectivity index (χ4n) is 6.73. The zero-order valence-corrected chi connectivity index (χ0v) is 14.9. The van der Waals surface area contributed by atoms with E-state index in [9.17, 15) is 9.90 Å². The molecule has 22 heavy (non-hydrogen) atoms. The van der Waals surface area contributed by atoms with Crippen LogP contribution in [0.5, 0.6) is 0 Å². The second-order valence-electron chi connectivity index (χ2n) is 9.40. The van der Waals surface area contributed by atoms with Crippen molar-refractivity contribution < 1.29 is 9.90 Å². The molecule has 2 heteroatoms. The van der Waals surface area contributed by atoms with Crippen LogP contribution < -0.4 is 0 Å². The van der Waals surface area contributed by atoms with Crippen LogP contribution in [-0.2, 0) is 4.79 Å². The smallest absolute Gasteiger partial charge is 0.309 e. The van der Waals surface area contributed by atoms with E-state index in [2.05, 4.69) is 20.8 Å². The van der Waals surface area contributed by atoms with E-state index in [1.165, 1.54) is 32.1 Å². The van der Waals surface area contributed by atoms with Crippen LogP contribution in [-0.4, -0.2) is 11.1 Å². The number of carboxylic acid groups (broad SMARTS) is 1. The molecular formula is C20H34O2. The third-order valence-electron chi connectivity index (χ3n) is 8.10. The van der Waals surface area contributed by atoms with Gasteiger partial charge in [0.1, 0.15) is 0 Å². The molecule has 0 unspecified atom stereocenters. The van der Waals surface area contributed by atoms with Gasteiger partial charge in [-0.2, -0.15) is 0 Å². The molecule has 0 spiro atoms. The van der Waals surface area contributed by atoms with Crippen molar-refractivity contribution in [1.29, 1.82) is 0 Å². The number of rotatable bonds is 2. The molecule has 0 aromatic carbocycles. The van der Waals surface area contributed by atoms with E-state index in [4.69, 9.17) is 0 Å². The number of carboxylic acids is 1. The summed E-state index contributed by atoms with van der Waals surface area (Å²) < 4.78 is 0. The average molecular weight is 306 g/mol. The summed E-state index contributed by atoms with van der Waals surface area (Å²) in [5.41, 5.74) is -0.205. The van der Waals surface area contributed by atoms with Crippen LogP contribution in [0.15, 0.2) is 0 Å². The Morgan fingerprint density at radius 2 is 1.82 bits per heavy atom. The fraction of sp³-hybridized carbons (Fsp3) is 0.950. The first-order chi connectivity index (χ1) is 10.3. The molecule has 1 N–H and O–H groups in total. The summed E-state index contributed by atoms with van der Waals surface area (Å²) in [7, 11) is 0. The lowest BCUT2D eigenvalue weighted by Gasteiger charge is -2.60. The SMILES string of the molecule is CC(C)[C@H]1CC[C@H]2[C@H](CC[C@@H]3[C@]2(C)CCC[C@@]3(C)C(=O)O)C1. The number of carbonyl (C=O) groups is 1. The van der Waals surface area contributed by atoms with E-state index in [1.54, 1.807) is 0 Å². The molecular weight excluding hydrogens is 272 g/mol. The molecule has 0 amide bonds. The summed E-state index contributed by atoms with van der Waals surface area (Å²) in [4.78, 5) is 12.0. The molecule has 0 saturated heterocycles. The van der Waals surface area contributed by atoms with Crippen molar-refractivity contribution in [3.8, 4) is 0 Å². The van der Waals surface area contributed by atoms with Gasteiger partial charge in [0.05, 0.1) is 5.41 Å². The Morgan fingerprint density at radius 1 is 1.09 bits per heavy atom. The second-order valence-corrected chi connectivity index (χ2v) is 9.40. The molecule has 0 bridgehead atoms. The van der Waals surface area contributed by atoms with Gasteiger partial charge in [0.15, 0.2) is 0 Å². The number of hydrogen-bond acceptors (Lipinski definition) is 1. The Kier molecular flexibility index (Phi) is 4.10. The van der Waals surface area contributed by atoms with Crippen molar-refractivity contribution >= 4 is 5.97 Å². The molecule has 0 aromatic heterocycles. The highest BCUT2D eigenvalue weighted by atomic mass is 16.4. The molecule has 2 nitrogen and oxygen atoms in total. The Labute approximate surface area is 136 Å². The standard InChI is InChI=1S/C20H34O2/c1-13(2)14-6-8-16-15(12-14)7-9-17-19(16,3)10-5-11-20(17,4)18(21)22/h13-17H,5-12H2,1-4H3,(H,21,22)/t14-,15+,16-,17+,19+,20+/m0/s1. The van der Waals surface area contributed by atoms with E-state index in [0.717, 1.165) is 42.9 Å². The molecule has 0 aliphatic heterocycles. The van der Waals surface area contributed by atoms with Crippen molar-refractivity contribution in [2.75, 3.05) is 0 Å². The monoisotopic (exact) mass is 306 g/mol.